The molecule has 1 aromatic heterocycles. The first-order chi connectivity index (χ1) is 13.6. The lowest BCUT2D eigenvalue weighted by atomic mass is 10.3. The third kappa shape index (κ3) is 4.20. The third-order valence-corrected chi connectivity index (χ3v) is 5.09. The molecular weight excluding hydrogens is 378 g/mol. The van der Waals surface area contributed by atoms with Crippen LogP contribution in [-0.2, 0) is 4.79 Å². The van der Waals surface area contributed by atoms with Gasteiger partial charge in [0.25, 0.3) is 5.69 Å². The Hall–Kier alpha value is -3.20. The lowest BCUT2D eigenvalue weighted by Crippen LogP contribution is -2.14. The molecule has 9 heteroatoms. The molecule has 28 heavy (non-hydrogen) atoms. The number of hydrogen-bond acceptors (Lipinski definition) is 6. The van der Waals surface area contributed by atoms with Gasteiger partial charge in [-0.3, -0.25) is 14.9 Å². The molecule has 1 aliphatic carbocycles. The van der Waals surface area contributed by atoms with Gasteiger partial charge in [0.15, 0.2) is 0 Å². The molecule has 2 aromatic carbocycles. The Balaban J connectivity index is 1.40. The van der Waals surface area contributed by atoms with Crippen molar-refractivity contribution in [3.8, 4) is 5.69 Å². The number of carbonyl (C=O) groups excluding carboxylic acids is 1. The number of non-ortho nitro benzene ring substituents is 1. The number of anilines is 1. The van der Waals surface area contributed by atoms with E-state index in [1.165, 1.54) is 36.0 Å². The molecule has 1 aliphatic rings. The van der Waals surface area contributed by atoms with Crippen LogP contribution in [0.5, 0.6) is 0 Å². The zero-order valence-corrected chi connectivity index (χ0v) is 15.6. The summed E-state index contributed by atoms with van der Waals surface area (Å²) in [5.74, 6) is 1.29. The maximum absolute atomic E-state index is 12.2. The second-order valence-corrected chi connectivity index (χ2v) is 7.36. The average molecular weight is 395 g/mol. The van der Waals surface area contributed by atoms with Crippen molar-refractivity contribution in [1.29, 1.82) is 0 Å². The van der Waals surface area contributed by atoms with Crippen LogP contribution >= 0.6 is 11.8 Å². The molecule has 1 amide bonds. The number of nitrogens with zero attached hydrogens (tertiary/aromatic N) is 4. The monoisotopic (exact) mass is 395 g/mol. The molecule has 0 atom stereocenters. The smallest absolute Gasteiger partial charge is 0.269 e. The fraction of sp³-hybridized carbons (Fsp3) is 0.211. The van der Waals surface area contributed by atoms with Gasteiger partial charge >= 0.3 is 0 Å². The summed E-state index contributed by atoms with van der Waals surface area (Å²) >= 11 is 1.27. The van der Waals surface area contributed by atoms with E-state index in [0.717, 1.165) is 24.4 Å². The number of benzene rings is 2. The van der Waals surface area contributed by atoms with E-state index < -0.39 is 4.92 Å². The fourth-order valence-electron chi connectivity index (χ4n) is 2.72. The number of thioether (sulfide) groups is 1. The summed E-state index contributed by atoms with van der Waals surface area (Å²) in [6.07, 6.45) is 2.21. The second kappa shape index (κ2) is 7.81. The molecule has 8 nitrogen and oxygen atoms in total. The van der Waals surface area contributed by atoms with Gasteiger partial charge in [0, 0.05) is 23.7 Å². The highest BCUT2D eigenvalue weighted by atomic mass is 32.2. The Kier molecular flexibility index (Phi) is 5.07. The van der Waals surface area contributed by atoms with Crippen LogP contribution in [0, 0.1) is 10.1 Å². The summed E-state index contributed by atoms with van der Waals surface area (Å²) in [7, 11) is 0. The van der Waals surface area contributed by atoms with Crippen molar-refractivity contribution in [2.45, 2.75) is 23.9 Å². The maximum Gasteiger partial charge on any atom is 0.269 e. The van der Waals surface area contributed by atoms with Gasteiger partial charge in [0.1, 0.15) is 5.82 Å². The van der Waals surface area contributed by atoms with Gasteiger partial charge in [-0.1, -0.05) is 30.0 Å². The average Bonchev–Trinajstić information content (AvgIpc) is 3.47. The van der Waals surface area contributed by atoms with E-state index in [1.807, 2.05) is 35.0 Å². The van der Waals surface area contributed by atoms with Crippen molar-refractivity contribution in [2.75, 3.05) is 11.1 Å². The highest BCUT2D eigenvalue weighted by Gasteiger charge is 2.30. The number of rotatable bonds is 7. The van der Waals surface area contributed by atoms with E-state index in [1.54, 1.807) is 0 Å². The van der Waals surface area contributed by atoms with Crippen LogP contribution in [-0.4, -0.2) is 31.3 Å². The molecule has 0 spiro atoms. The van der Waals surface area contributed by atoms with E-state index in [-0.39, 0.29) is 17.3 Å². The van der Waals surface area contributed by atoms with Crippen LogP contribution in [0.4, 0.5) is 11.4 Å². The number of nitro groups is 1. The molecule has 0 bridgehead atoms. The Labute approximate surface area is 165 Å². The summed E-state index contributed by atoms with van der Waals surface area (Å²) in [6, 6.07) is 15.6. The normalized spacial score (nSPS) is 13.3. The zero-order valence-electron chi connectivity index (χ0n) is 14.8. The minimum Gasteiger partial charge on any atom is -0.325 e. The van der Waals surface area contributed by atoms with Gasteiger partial charge in [-0.05, 0) is 37.1 Å². The molecule has 1 saturated carbocycles. The molecule has 3 aromatic rings. The summed E-state index contributed by atoms with van der Waals surface area (Å²) in [4.78, 5) is 27.0. The quantitative estimate of drug-likeness (QED) is 0.371. The van der Waals surface area contributed by atoms with Crippen molar-refractivity contribution in [1.82, 2.24) is 14.8 Å². The highest BCUT2D eigenvalue weighted by molar-refractivity contribution is 7.99. The predicted molar refractivity (Wildman–Crippen MR) is 106 cm³/mol. The van der Waals surface area contributed by atoms with Crippen molar-refractivity contribution in [2.24, 2.45) is 0 Å². The number of carbonyl (C=O) groups is 1. The Bertz CT molecular complexity index is 1000. The Morgan fingerprint density at radius 1 is 1.18 bits per heavy atom. The lowest BCUT2D eigenvalue weighted by Gasteiger charge is -2.04. The van der Waals surface area contributed by atoms with E-state index in [9.17, 15) is 14.9 Å². The van der Waals surface area contributed by atoms with Gasteiger partial charge in [-0.25, -0.2) is 9.67 Å². The molecule has 0 aliphatic heterocycles. The molecule has 1 fully saturated rings. The molecule has 0 unspecified atom stereocenters. The summed E-state index contributed by atoms with van der Waals surface area (Å²) in [6.45, 7) is 0. The van der Waals surface area contributed by atoms with Crippen LogP contribution in [0.1, 0.15) is 24.6 Å². The van der Waals surface area contributed by atoms with Gasteiger partial charge in [-0.15, -0.1) is 5.10 Å². The van der Waals surface area contributed by atoms with Gasteiger partial charge in [0.05, 0.1) is 16.4 Å². The molecule has 142 valence electrons. The van der Waals surface area contributed by atoms with Crippen LogP contribution in [0.25, 0.3) is 5.69 Å². The van der Waals surface area contributed by atoms with Crippen molar-refractivity contribution in [3.63, 3.8) is 0 Å². The molecule has 0 radical (unpaired) electrons. The minimum absolute atomic E-state index is 0.0179. The Morgan fingerprint density at radius 2 is 1.89 bits per heavy atom. The van der Waals surface area contributed by atoms with E-state index in [2.05, 4.69) is 15.4 Å². The van der Waals surface area contributed by atoms with Gasteiger partial charge < -0.3 is 5.32 Å². The number of nitrogens with one attached hydrogen (secondary N) is 1. The van der Waals surface area contributed by atoms with Gasteiger partial charge in [-0.2, -0.15) is 0 Å². The first kappa shape index (κ1) is 18.2. The number of para-hydroxylation sites is 1. The lowest BCUT2D eigenvalue weighted by molar-refractivity contribution is -0.384. The van der Waals surface area contributed by atoms with Gasteiger partial charge in [0.2, 0.25) is 11.1 Å². The summed E-state index contributed by atoms with van der Waals surface area (Å²) in [5, 5.41) is 18.5. The van der Waals surface area contributed by atoms with Crippen LogP contribution in [0.2, 0.25) is 0 Å². The van der Waals surface area contributed by atoms with Crippen LogP contribution < -0.4 is 5.32 Å². The Morgan fingerprint density at radius 3 is 2.54 bits per heavy atom. The maximum atomic E-state index is 12.2. The van der Waals surface area contributed by atoms with Crippen LogP contribution in [0.3, 0.4) is 0 Å². The standard InChI is InChI=1S/C19H17N5O3S/c25-17(20-14-8-10-16(11-9-14)24(26)27)12-28-19-21-18(13-6-7-13)23(22-19)15-4-2-1-3-5-15/h1-5,8-11,13H,6-7,12H2,(H,20,25). The van der Waals surface area contributed by atoms with E-state index >= 15 is 0 Å². The topological polar surface area (TPSA) is 103 Å². The number of nitro benzene ring substituents is 1. The predicted octanol–water partition coefficient (Wildman–Crippen LogP) is 3.78. The second-order valence-electron chi connectivity index (χ2n) is 6.42. The van der Waals surface area contributed by atoms with Crippen LogP contribution in [0.15, 0.2) is 59.8 Å². The first-order valence-electron chi connectivity index (χ1n) is 8.79. The largest absolute Gasteiger partial charge is 0.325 e. The molecule has 1 N–H and O–H groups in total. The molecule has 0 saturated heterocycles. The van der Waals surface area contributed by atoms with Crippen molar-refractivity contribution < 1.29 is 9.72 Å². The summed E-state index contributed by atoms with van der Waals surface area (Å²) < 4.78 is 1.86. The van der Waals surface area contributed by atoms with E-state index in [4.69, 9.17) is 0 Å². The fourth-order valence-corrected chi connectivity index (χ4v) is 3.35. The van der Waals surface area contributed by atoms with Crippen molar-refractivity contribution >= 4 is 29.0 Å². The zero-order chi connectivity index (χ0) is 19.5. The molecule has 4 rings (SSSR count). The summed E-state index contributed by atoms with van der Waals surface area (Å²) in [5.41, 5.74) is 1.45. The highest BCUT2D eigenvalue weighted by Crippen LogP contribution is 2.40. The molecule has 1 heterocycles. The SMILES string of the molecule is O=C(CSc1nc(C2CC2)n(-c2ccccc2)n1)Nc1ccc([N+](=O)[O-])cc1. The minimum atomic E-state index is -0.479. The molecular formula is C19H17N5O3S. The van der Waals surface area contributed by atoms with Crippen molar-refractivity contribution in [3.05, 3.63) is 70.5 Å². The first-order valence-corrected chi connectivity index (χ1v) is 9.78. The number of amides is 1. The number of hydrogen-bond donors (Lipinski definition) is 1. The third-order valence-electron chi connectivity index (χ3n) is 4.25. The number of aromatic nitrogens is 3. The van der Waals surface area contributed by atoms with E-state index in [0.29, 0.717) is 16.8 Å².